The first-order chi connectivity index (χ1) is 12.6. The van der Waals surface area contributed by atoms with Gasteiger partial charge in [-0.15, -0.1) is 35.3 Å². The lowest BCUT2D eigenvalue weighted by atomic mass is 10.1. The van der Waals surface area contributed by atoms with Crippen molar-refractivity contribution in [3.63, 3.8) is 0 Å². The Morgan fingerprint density at radius 3 is 2.63 bits per heavy atom. The maximum absolute atomic E-state index is 13.3. The van der Waals surface area contributed by atoms with Gasteiger partial charge in [0.25, 0.3) is 0 Å². The van der Waals surface area contributed by atoms with Crippen LogP contribution in [0.5, 0.6) is 0 Å². The number of H-pyrrole nitrogens is 1. The molecule has 0 aliphatic rings. The van der Waals surface area contributed by atoms with Crippen molar-refractivity contribution in [3.8, 4) is 0 Å². The minimum Gasteiger partial charge on any atom is -0.361 e. The van der Waals surface area contributed by atoms with Crippen LogP contribution in [-0.2, 0) is 12.8 Å². The van der Waals surface area contributed by atoms with E-state index < -0.39 is 0 Å². The van der Waals surface area contributed by atoms with Crippen LogP contribution in [0.25, 0.3) is 10.9 Å². The molecule has 0 radical (unpaired) electrons. The Morgan fingerprint density at radius 1 is 1.22 bits per heavy atom. The van der Waals surface area contributed by atoms with Gasteiger partial charge in [0.2, 0.25) is 0 Å². The number of aliphatic imine (C=N–C) groups is 1. The van der Waals surface area contributed by atoms with Crippen molar-refractivity contribution >= 4 is 52.2 Å². The minimum absolute atomic E-state index is 0. The SMILES string of the molecule is CN=C(NCCc1nc(C)c(C)s1)NCCc1c[nH]c2cc(F)ccc12.I. The molecule has 0 fully saturated rings. The van der Waals surface area contributed by atoms with Gasteiger partial charge < -0.3 is 15.6 Å². The molecular weight excluding hydrogens is 476 g/mol. The number of fused-ring (bicyclic) bond motifs is 1. The van der Waals surface area contributed by atoms with E-state index in [4.69, 9.17) is 0 Å². The summed E-state index contributed by atoms with van der Waals surface area (Å²) in [7, 11) is 1.77. The highest BCUT2D eigenvalue weighted by Crippen LogP contribution is 2.19. The second-order valence-corrected chi connectivity index (χ2v) is 7.47. The molecule has 0 unspecified atom stereocenters. The fourth-order valence-electron chi connectivity index (χ4n) is 2.84. The van der Waals surface area contributed by atoms with Crippen molar-refractivity contribution in [1.82, 2.24) is 20.6 Å². The summed E-state index contributed by atoms with van der Waals surface area (Å²) in [6.07, 6.45) is 3.65. The average Bonchev–Trinajstić information content (AvgIpc) is 3.16. The number of halogens is 2. The largest absolute Gasteiger partial charge is 0.361 e. The van der Waals surface area contributed by atoms with Crippen LogP contribution in [0.15, 0.2) is 29.4 Å². The highest BCUT2D eigenvalue weighted by molar-refractivity contribution is 14.0. The average molecular weight is 501 g/mol. The van der Waals surface area contributed by atoms with E-state index in [1.54, 1.807) is 18.4 Å². The summed E-state index contributed by atoms with van der Waals surface area (Å²) in [6.45, 7) is 5.68. The zero-order valence-corrected chi connectivity index (χ0v) is 18.9. The van der Waals surface area contributed by atoms with E-state index in [1.165, 1.54) is 17.0 Å². The van der Waals surface area contributed by atoms with Crippen LogP contribution in [0.3, 0.4) is 0 Å². The third-order valence-corrected chi connectivity index (χ3v) is 5.48. The van der Waals surface area contributed by atoms with Gasteiger partial charge in [-0.1, -0.05) is 0 Å². The molecule has 146 valence electrons. The quantitative estimate of drug-likeness (QED) is 0.272. The van der Waals surface area contributed by atoms with E-state index in [0.717, 1.165) is 59.1 Å². The molecule has 2 heterocycles. The third kappa shape index (κ3) is 5.65. The Labute approximate surface area is 179 Å². The standard InChI is InChI=1S/C19H24FN5S.HI/c1-12-13(2)26-18(25-12)7-9-23-19(21-3)22-8-6-14-11-24-17-10-15(20)4-5-16(14)17;/h4-5,10-11,24H,6-9H2,1-3H3,(H2,21,22,23);1H. The van der Waals surface area contributed by atoms with Gasteiger partial charge in [0.05, 0.1) is 10.7 Å². The molecular formula is C19H25FIN5S. The zero-order chi connectivity index (χ0) is 18.5. The summed E-state index contributed by atoms with van der Waals surface area (Å²) in [5.41, 5.74) is 3.11. The second kappa shape index (κ2) is 10.0. The highest BCUT2D eigenvalue weighted by Gasteiger charge is 2.06. The zero-order valence-electron chi connectivity index (χ0n) is 15.7. The molecule has 0 saturated heterocycles. The number of thiazole rings is 1. The Hall–Kier alpha value is -1.68. The van der Waals surface area contributed by atoms with Crippen molar-refractivity contribution in [2.45, 2.75) is 26.7 Å². The number of hydrogen-bond donors (Lipinski definition) is 3. The number of guanidine groups is 1. The summed E-state index contributed by atoms with van der Waals surface area (Å²) < 4.78 is 13.3. The summed E-state index contributed by atoms with van der Waals surface area (Å²) in [4.78, 5) is 13.2. The van der Waals surface area contributed by atoms with Crippen LogP contribution in [0.4, 0.5) is 4.39 Å². The van der Waals surface area contributed by atoms with E-state index in [1.807, 2.05) is 19.2 Å². The van der Waals surface area contributed by atoms with Crippen LogP contribution < -0.4 is 10.6 Å². The summed E-state index contributed by atoms with van der Waals surface area (Å²) in [5.74, 6) is 0.556. The lowest BCUT2D eigenvalue weighted by Crippen LogP contribution is -2.39. The van der Waals surface area contributed by atoms with Crippen molar-refractivity contribution in [3.05, 3.63) is 51.4 Å². The fourth-order valence-corrected chi connectivity index (χ4v) is 3.77. The minimum atomic E-state index is -0.223. The van der Waals surface area contributed by atoms with Crippen molar-refractivity contribution in [2.24, 2.45) is 4.99 Å². The van der Waals surface area contributed by atoms with E-state index >= 15 is 0 Å². The van der Waals surface area contributed by atoms with Crippen molar-refractivity contribution in [2.75, 3.05) is 20.1 Å². The summed E-state index contributed by atoms with van der Waals surface area (Å²) in [6, 6.07) is 4.84. The molecule has 3 rings (SSSR count). The van der Waals surface area contributed by atoms with Crippen molar-refractivity contribution in [1.29, 1.82) is 0 Å². The van der Waals surface area contributed by atoms with Gasteiger partial charge >= 0.3 is 0 Å². The first-order valence-corrected chi connectivity index (χ1v) is 9.51. The normalized spacial score (nSPS) is 11.5. The van der Waals surface area contributed by atoms with Crippen LogP contribution in [-0.4, -0.2) is 36.1 Å². The molecule has 0 amide bonds. The maximum Gasteiger partial charge on any atom is 0.191 e. The van der Waals surface area contributed by atoms with Gasteiger partial charge in [0, 0.05) is 48.5 Å². The Balaban J connectivity index is 0.00000261. The topological polar surface area (TPSA) is 65.1 Å². The predicted octanol–water partition coefficient (Wildman–Crippen LogP) is 3.95. The molecule has 0 spiro atoms. The van der Waals surface area contributed by atoms with Crippen LogP contribution >= 0.6 is 35.3 Å². The lowest BCUT2D eigenvalue weighted by molar-refractivity contribution is 0.629. The van der Waals surface area contributed by atoms with Crippen molar-refractivity contribution < 1.29 is 4.39 Å². The molecule has 5 nitrogen and oxygen atoms in total. The fraction of sp³-hybridized carbons (Fsp3) is 0.368. The number of nitrogens with one attached hydrogen (secondary N) is 3. The monoisotopic (exact) mass is 501 g/mol. The number of aromatic nitrogens is 2. The number of benzene rings is 1. The number of aromatic amines is 1. The van der Waals surface area contributed by atoms with Gasteiger partial charge in [-0.25, -0.2) is 9.37 Å². The summed E-state index contributed by atoms with van der Waals surface area (Å²) in [5, 5.41) is 8.85. The molecule has 8 heteroatoms. The van der Waals surface area contributed by atoms with Gasteiger partial charge in [-0.2, -0.15) is 0 Å². The Morgan fingerprint density at radius 2 is 1.96 bits per heavy atom. The molecule has 27 heavy (non-hydrogen) atoms. The Bertz CT molecular complexity index is 899. The summed E-state index contributed by atoms with van der Waals surface area (Å²) >= 11 is 1.75. The molecule has 2 aromatic heterocycles. The van der Waals surface area contributed by atoms with Crippen LogP contribution in [0.1, 0.15) is 21.1 Å². The molecule has 0 aliphatic heterocycles. The van der Waals surface area contributed by atoms with E-state index in [0.29, 0.717) is 0 Å². The number of hydrogen-bond acceptors (Lipinski definition) is 3. The van der Waals surface area contributed by atoms with Gasteiger partial charge in [-0.05, 0) is 44.0 Å². The molecule has 3 N–H and O–H groups in total. The molecule has 1 aromatic carbocycles. The van der Waals surface area contributed by atoms with Gasteiger partial charge in [-0.3, -0.25) is 4.99 Å². The lowest BCUT2D eigenvalue weighted by Gasteiger charge is -2.11. The third-order valence-electron chi connectivity index (χ3n) is 4.34. The highest BCUT2D eigenvalue weighted by atomic mass is 127. The molecule has 0 atom stereocenters. The molecule has 0 aliphatic carbocycles. The first-order valence-electron chi connectivity index (χ1n) is 8.69. The van der Waals surface area contributed by atoms with Crippen LogP contribution in [0.2, 0.25) is 0 Å². The molecule has 0 saturated carbocycles. The number of aryl methyl sites for hydroxylation is 2. The number of rotatable bonds is 6. The van der Waals surface area contributed by atoms with E-state index in [9.17, 15) is 4.39 Å². The van der Waals surface area contributed by atoms with Gasteiger partial charge in [0.15, 0.2) is 5.96 Å². The van der Waals surface area contributed by atoms with Gasteiger partial charge in [0.1, 0.15) is 5.82 Å². The van der Waals surface area contributed by atoms with E-state index in [-0.39, 0.29) is 29.8 Å². The molecule has 0 bridgehead atoms. The smallest absolute Gasteiger partial charge is 0.191 e. The van der Waals surface area contributed by atoms with E-state index in [2.05, 4.69) is 32.5 Å². The molecule has 3 aromatic rings. The predicted molar refractivity (Wildman–Crippen MR) is 122 cm³/mol. The maximum atomic E-state index is 13.3. The Kier molecular flexibility index (Phi) is 8.03. The second-order valence-electron chi connectivity index (χ2n) is 6.18. The van der Waals surface area contributed by atoms with Crippen LogP contribution in [0, 0.1) is 19.7 Å². The number of nitrogens with zero attached hydrogens (tertiary/aromatic N) is 2. The first kappa shape index (κ1) is 21.6.